The Morgan fingerprint density at radius 2 is 2.00 bits per heavy atom. The summed E-state index contributed by atoms with van der Waals surface area (Å²) in [6, 6.07) is 10.7. The van der Waals surface area contributed by atoms with Gasteiger partial charge in [-0.1, -0.05) is 12.1 Å². The van der Waals surface area contributed by atoms with Crippen molar-refractivity contribution in [3.8, 4) is 5.75 Å². The number of benzene rings is 1. The number of thiophene rings is 1. The van der Waals surface area contributed by atoms with E-state index in [9.17, 15) is 14.4 Å². The quantitative estimate of drug-likeness (QED) is 0.757. The zero-order valence-electron chi connectivity index (χ0n) is 14.8. The molecule has 2 heterocycles. The fourth-order valence-electron chi connectivity index (χ4n) is 2.96. The van der Waals surface area contributed by atoms with Crippen LogP contribution in [0.1, 0.15) is 26.5 Å². The normalized spacial score (nSPS) is 16.4. The number of carbonyl (C=O) groups excluding carboxylic acids is 2. The minimum atomic E-state index is -0.979. The van der Waals surface area contributed by atoms with Gasteiger partial charge in [-0.05, 0) is 29.8 Å². The summed E-state index contributed by atoms with van der Waals surface area (Å²) < 4.78 is 5.12. The van der Waals surface area contributed by atoms with Gasteiger partial charge < -0.3 is 20.1 Å². The Kier molecular flexibility index (Phi) is 5.75. The maximum atomic E-state index is 12.4. The van der Waals surface area contributed by atoms with Crippen LogP contribution in [0.25, 0.3) is 0 Å². The lowest BCUT2D eigenvalue weighted by atomic mass is 10.1. The molecule has 2 aromatic rings. The number of likely N-dealkylation sites (tertiary alicyclic amines) is 1. The van der Waals surface area contributed by atoms with Crippen LogP contribution in [0.15, 0.2) is 36.4 Å². The van der Waals surface area contributed by atoms with Gasteiger partial charge in [0.05, 0.1) is 19.6 Å². The molecule has 2 N–H and O–H groups in total. The van der Waals surface area contributed by atoms with Gasteiger partial charge in [0, 0.05) is 24.4 Å². The van der Waals surface area contributed by atoms with Gasteiger partial charge >= 0.3 is 5.97 Å². The van der Waals surface area contributed by atoms with Crippen molar-refractivity contribution in [1.29, 1.82) is 0 Å². The molecule has 1 aromatic heterocycles. The molecule has 1 fully saturated rings. The highest BCUT2D eigenvalue weighted by molar-refractivity contribution is 7.13. The van der Waals surface area contributed by atoms with E-state index in [4.69, 9.17) is 9.84 Å². The number of amides is 2. The van der Waals surface area contributed by atoms with Crippen LogP contribution >= 0.6 is 11.3 Å². The van der Waals surface area contributed by atoms with Crippen LogP contribution in [0.2, 0.25) is 0 Å². The van der Waals surface area contributed by atoms with Crippen LogP contribution in [-0.4, -0.2) is 41.4 Å². The molecule has 8 heteroatoms. The number of carbonyl (C=O) groups is 3. The van der Waals surface area contributed by atoms with Crippen molar-refractivity contribution in [2.75, 3.05) is 13.7 Å². The first-order valence-corrected chi connectivity index (χ1v) is 9.28. The lowest BCUT2D eigenvalue weighted by molar-refractivity contribution is -0.129. The molecule has 1 saturated heterocycles. The van der Waals surface area contributed by atoms with E-state index >= 15 is 0 Å². The van der Waals surface area contributed by atoms with E-state index < -0.39 is 11.9 Å². The highest BCUT2D eigenvalue weighted by atomic mass is 32.1. The summed E-state index contributed by atoms with van der Waals surface area (Å²) in [6.07, 6.45) is 0.187. The number of rotatable bonds is 7. The Labute approximate surface area is 160 Å². The standard InChI is InChI=1S/C19H20N2O5S/c1-26-14-4-2-12(3-5-14)10-21-11-13(8-17(21)22)18(23)20-9-15-6-7-16(27-15)19(24)25/h2-7,13H,8-11H2,1H3,(H,20,23)(H,24,25). The summed E-state index contributed by atoms with van der Waals surface area (Å²) in [4.78, 5) is 38.2. The number of nitrogens with zero attached hydrogens (tertiary/aromatic N) is 1. The molecule has 2 amide bonds. The molecule has 1 aromatic carbocycles. The van der Waals surface area contributed by atoms with Crippen LogP contribution in [0, 0.1) is 5.92 Å². The number of nitrogens with one attached hydrogen (secondary N) is 1. The molecule has 1 unspecified atom stereocenters. The van der Waals surface area contributed by atoms with E-state index in [0.29, 0.717) is 13.1 Å². The Morgan fingerprint density at radius 1 is 1.26 bits per heavy atom. The average Bonchev–Trinajstić information content (AvgIpc) is 3.28. The van der Waals surface area contributed by atoms with Gasteiger partial charge in [-0.3, -0.25) is 9.59 Å². The largest absolute Gasteiger partial charge is 0.497 e. The molecule has 0 bridgehead atoms. The number of carboxylic acids is 1. The summed E-state index contributed by atoms with van der Waals surface area (Å²) in [6.45, 7) is 1.10. The number of carboxylic acid groups (broad SMARTS) is 1. The van der Waals surface area contributed by atoms with E-state index in [1.54, 1.807) is 18.1 Å². The van der Waals surface area contributed by atoms with Crippen molar-refractivity contribution in [2.24, 2.45) is 5.92 Å². The van der Waals surface area contributed by atoms with Crippen molar-refractivity contribution in [1.82, 2.24) is 10.2 Å². The summed E-state index contributed by atoms with van der Waals surface area (Å²) in [5, 5.41) is 11.7. The average molecular weight is 388 g/mol. The van der Waals surface area contributed by atoms with Crippen molar-refractivity contribution >= 4 is 29.1 Å². The molecular formula is C19H20N2O5S. The van der Waals surface area contributed by atoms with Crippen molar-refractivity contribution < 1.29 is 24.2 Å². The van der Waals surface area contributed by atoms with Gasteiger partial charge in [-0.25, -0.2) is 4.79 Å². The second kappa shape index (κ2) is 8.22. The van der Waals surface area contributed by atoms with Gasteiger partial charge in [-0.2, -0.15) is 0 Å². The monoisotopic (exact) mass is 388 g/mol. The maximum absolute atomic E-state index is 12.4. The molecule has 1 aliphatic rings. The van der Waals surface area contributed by atoms with Gasteiger partial charge in [0.15, 0.2) is 0 Å². The number of ether oxygens (including phenoxy) is 1. The van der Waals surface area contributed by atoms with Gasteiger partial charge in [0.1, 0.15) is 10.6 Å². The fourth-order valence-corrected chi connectivity index (χ4v) is 3.74. The zero-order valence-corrected chi connectivity index (χ0v) is 15.6. The molecule has 0 aliphatic carbocycles. The smallest absolute Gasteiger partial charge is 0.345 e. The third-order valence-electron chi connectivity index (χ3n) is 4.43. The highest BCUT2D eigenvalue weighted by Crippen LogP contribution is 2.22. The predicted octanol–water partition coefficient (Wildman–Crippen LogP) is 2.12. The van der Waals surface area contributed by atoms with Crippen LogP contribution < -0.4 is 10.1 Å². The Morgan fingerprint density at radius 3 is 2.63 bits per heavy atom. The molecule has 3 rings (SSSR count). The summed E-state index contributed by atoms with van der Waals surface area (Å²) >= 11 is 1.13. The predicted molar refractivity (Wildman–Crippen MR) is 99.6 cm³/mol. The topological polar surface area (TPSA) is 95.9 Å². The van der Waals surface area contributed by atoms with E-state index in [0.717, 1.165) is 27.5 Å². The summed E-state index contributed by atoms with van der Waals surface area (Å²) in [5.41, 5.74) is 0.977. The zero-order chi connectivity index (χ0) is 19.4. The molecular weight excluding hydrogens is 368 g/mol. The Hall–Kier alpha value is -2.87. The van der Waals surface area contributed by atoms with Crippen LogP contribution in [0.3, 0.4) is 0 Å². The molecule has 0 saturated carbocycles. The number of aromatic carboxylic acids is 1. The van der Waals surface area contributed by atoms with Crippen molar-refractivity contribution in [2.45, 2.75) is 19.5 Å². The maximum Gasteiger partial charge on any atom is 0.345 e. The molecule has 0 spiro atoms. The van der Waals surface area contributed by atoms with Crippen molar-refractivity contribution in [3.05, 3.63) is 51.7 Å². The first kappa shape index (κ1) is 18.9. The minimum Gasteiger partial charge on any atom is -0.497 e. The number of methoxy groups -OCH3 is 1. The van der Waals surface area contributed by atoms with Gasteiger partial charge in [0.2, 0.25) is 11.8 Å². The molecule has 7 nitrogen and oxygen atoms in total. The summed E-state index contributed by atoms with van der Waals surface area (Å²) in [5.74, 6) is -0.854. The van der Waals surface area contributed by atoms with E-state index in [2.05, 4.69) is 5.32 Å². The van der Waals surface area contributed by atoms with Crippen molar-refractivity contribution in [3.63, 3.8) is 0 Å². The molecule has 1 atom stereocenters. The lowest BCUT2D eigenvalue weighted by Crippen LogP contribution is -2.32. The second-order valence-electron chi connectivity index (χ2n) is 6.31. The van der Waals surface area contributed by atoms with Gasteiger partial charge in [-0.15, -0.1) is 11.3 Å². The summed E-state index contributed by atoms with van der Waals surface area (Å²) in [7, 11) is 1.60. The number of hydrogen-bond donors (Lipinski definition) is 2. The Balaban J connectivity index is 1.52. The number of hydrogen-bond acceptors (Lipinski definition) is 5. The fraction of sp³-hybridized carbons (Fsp3) is 0.316. The third kappa shape index (κ3) is 4.65. The first-order valence-electron chi connectivity index (χ1n) is 8.46. The van der Waals surface area contributed by atoms with Crippen LogP contribution in [0.5, 0.6) is 5.75 Å². The first-order chi connectivity index (χ1) is 13.0. The van der Waals surface area contributed by atoms with Crippen LogP contribution in [0.4, 0.5) is 0 Å². The molecule has 142 valence electrons. The highest BCUT2D eigenvalue weighted by Gasteiger charge is 2.34. The van der Waals surface area contributed by atoms with E-state index in [1.807, 2.05) is 24.3 Å². The third-order valence-corrected chi connectivity index (χ3v) is 5.50. The Bertz CT molecular complexity index is 846. The molecule has 1 aliphatic heterocycles. The second-order valence-corrected chi connectivity index (χ2v) is 7.48. The molecule has 27 heavy (non-hydrogen) atoms. The SMILES string of the molecule is COc1ccc(CN2CC(C(=O)NCc3ccc(C(=O)O)s3)CC2=O)cc1. The van der Waals surface area contributed by atoms with E-state index in [1.165, 1.54) is 6.07 Å². The molecule has 0 radical (unpaired) electrons. The van der Waals surface area contributed by atoms with Gasteiger partial charge in [0.25, 0.3) is 0 Å². The minimum absolute atomic E-state index is 0.0461. The lowest BCUT2D eigenvalue weighted by Gasteiger charge is -2.17. The van der Waals surface area contributed by atoms with E-state index in [-0.39, 0.29) is 29.7 Å². The van der Waals surface area contributed by atoms with Crippen LogP contribution in [-0.2, 0) is 22.7 Å².